The molecule has 0 aromatic heterocycles. The fourth-order valence-corrected chi connectivity index (χ4v) is 2.96. The second kappa shape index (κ2) is 8.93. The maximum atomic E-state index is 13.0. The normalized spacial score (nSPS) is 10.2. The van der Waals surface area contributed by atoms with E-state index in [0.29, 0.717) is 34.1 Å². The highest BCUT2D eigenvalue weighted by Gasteiger charge is 2.20. The van der Waals surface area contributed by atoms with Crippen molar-refractivity contribution in [1.29, 1.82) is 0 Å². The number of ether oxygens (including phenoxy) is 3. The average Bonchev–Trinajstić information content (AvgIpc) is 2.78. The van der Waals surface area contributed by atoms with E-state index in [1.807, 2.05) is 6.07 Å². The third-order valence-corrected chi connectivity index (χ3v) is 4.40. The predicted molar refractivity (Wildman–Crippen MR) is 110 cm³/mol. The summed E-state index contributed by atoms with van der Waals surface area (Å²) in [4.78, 5) is 25.7. The number of nitrogens with one attached hydrogen (secondary N) is 1. The molecule has 0 fully saturated rings. The Morgan fingerprint density at radius 1 is 0.690 bits per heavy atom. The van der Waals surface area contributed by atoms with Crippen LogP contribution in [0.15, 0.2) is 66.7 Å². The van der Waals surface area contributed by atoms with E-state index in [4.69, 9.17) is 14.2 Å². The van der Waals surface area contributed by atoms with Crippen LogP contribution in [0.1, 0.15) is 26.3 Å². The fourth-order valence-electron chi connectivity index (χ4n) is 2.96. The van der Waals surface area contributed by atoms with Gasteiger partial charge in [-0.15, -0.1) is 0 Å². The Hall–Kier alpha value is -3.80. The van der Waals surface area contributed by atoms with Gasteiger partial charge in [0.1, 0.15) is 22.8 Å². The molecule has 0 saturated carbocycles. The minimum absolute atomic E-state index is 0.154. The molecule has 0 unspecified atom stereocenters. The first-order valence-electron chi connectivity index (χ1n) is 8.89. The number of hydrogen-bond donors (Lipinski definition) is 1. The average molecular weight is 391 g/mol. The van der Waals surface area contributed by atoms with Crippen molar-refractivity contribution in [3.8, 4) is 17.2 Å². The second-order valence-electron chi connectivity index (χ2n) is 6.10. The number of ketones is 1. The van der Waals surface area contributed by atoms with E-state index in [9.17, 15) is 9.59 Å². The topological polar surface area (TPSA) is 73.9 Å². The Kier molecular flexibility index (Phi) is 6.14. The van der Waals surface area contributed by atoms with Crippen LogP contribution in [0.4, 0.5) is 5.69 Å². The van der Waals surface area contributed by atoms with E-state index >= 15 is 0 Å². The van der Waals surface area contributed by atoms with Gasteiger partial charge in [-0.1, -0.05) is 36.4 Å². The molecule has 6 nitrogen and oxygen atoms in total. The van der Waals surface area contributed by atoms with Crippen molar-refractivity contribution in [1.82, 2.24) is 0 Å². The van der Waals surface area contributed by atoms with Gasteiger partial charge < -0.3 is 19.5 Å². The van der Waals surface area contributed by atoms with Gasteiger partial charge >= 0.3 is 0 Å². The molecule has 3 aromatic carbocycles. The number of rotatable bonds is 7. The van der Waals surface area contributed by atoms with Crippen LogP contribution < -0.4 is 19.5 Å². The molecule has 0 aliphatic heterocycles. The van der Waals surface area contributed by atoms with Gasteiger partial charge in [0.25, 0.3) is 5.91 Å². The lowest BCUT2D eigenvalue weighted by Gasteiger charge is -2.15. The third kappa shape index (κ3) is 4.21. The van der Waals surface area contributed by atoms with Crippen LogP contribution in [0.25, 0.3) is 0 Å². The number of anilines is 1. The summed E-state index contributed by atoms with van der Waals surface area (Å²) in [6, 6.07) is 18.9. The summed E-state index contributed by atoms with van der Waals surface area (Å²) >= 11 is 0. The molecule has 0 atom stereocenters. The molecule has 3 rings (SSSR count). The van der Waals surface area contributed by atoms with Crippen LogP contribution in [0.5, 0.6) is 17.2 Å². The van der Waals surface area contributed by atoms with E-state index in [1.54, 1.807) is 60.7 Å². The first-order chi connectivity index (χ1) is 14.1. The number of amides is 1. The van der Waals surface area contributed by atoms with Gasteiger partial charge in [-0.3, -0.25) is 9.59 Å². The van der Waals surface area contributed by atoms with Crippen molar-refractivity contribution < 1.29 is 23.8 Å². The first-order valence-corrected chi connectivity index (χ1v) is 8.89. The molecule has 3 aromatic rings. The van der Waals surface area contributed by atoms with Crippen molar-refractivity contribution in [3.05, 3.63) is 83.4 Å². The molecule has 1 amide bonds. The summed E-state index contributed by atoms with van der Waals surface area (Å²) in [5, 5.41) is 2.80. The maximum absolute atomic E-state index is 13.0. The molecule has 0 aliphatic carbocycles. The molecule has 0 heterocycles. The smallest absolute Gasteiger partial charge is 0.263 e. The zero-order valence-electron chi connectivity index (χ0n) is 16.4. The van der Waals surface area contributed by atoms with Gasteiger partial charge in [0, 0.05) is 11.1 Å². The molecule has 0 aliphatic rings. The number of carbonyl (C=O) groups excluding carboxylic acids is 2. The maximum Gasteiger partial charge on any atom is 0.263 e. The lowest BCUT2D eigenvalue weighted by atomic mass is 10.0. The van der Waals surface area contributed by atoms with Gasteiger partial charge in [-0.05, 0) is 30.3 Å². The second-order valence-corrected chi connectivity index (χ2v) is 6.10. The van der Waals surface area contributed by atoms with Gasteiger partial charge in [-0.2, -0.15) is 0 Å². The third-order valence-electron chi connectivity index (χ3n) is 4.40. The molecule has 148 valence electrons. The molecular weight excluding hydrogens is 370 g/mol. The van der Waals surface area contributed by atoms with Crippen LogP contribution >= 0.6 is 0 Å². The Morgan fingerprint density at radius 2 is 1.31 bits per heavy atom. The lowest BCUT2D eigenvalue weighted by Crippen LogP contribution is -2.15. The standard InChI is InChI=1S/C23H21NO5/c1-27-18-13-12-16(22(25)15-8-5-4-6-9-15)14-17(18)24-23(26)21-19(28-2)10-7-11-20(21)29-3/h4-14H,1-3H3,(H,24,26). The van der Waals surface area contributed by atoms with Crippen LogP contribution in [-0.4, -0.2) is 33.0 Å². The summed E-state index contributed by atoms with van der Waals surface area (Å²) in [7, 11) is 4.45. The molecule has 1 N–H and O–H groups in total. The van der Waals surface area contributed by atoms with E-state index in [-0.39, 0.29) is 11.3 Å². The molecule has 0 bridgehead atoms. The van der Waals surface area contributed by atoms with Crippen LogP contribution in [0, 0.1) is 0 Å². The Bertz CT molecular complexity index is 1010. The van der Waals surface area contributed by atoms with Gasteiger partial charge in [-0.25, -0.2) is 0 Å². The summed E-state index contributed by atoms with van der Waals surface area (Å²) in [5.74, 6) is 0.576. The fraction of sp³-hybridized carbons (Fsp3) is 0.130. The van der Waals surface area contributed by atoms with Gasteiger partial charge in [0.15, 0.2) is 5.78 Å². The molecule has 0 radical (unpaired) electrons. The highest BCUT2D eigenvalue weighted by molar-refractivity contribution is 6.12. The van der Waals surface area contributed by atoms with Crippen LogP contribution in [0.3, 0.4) is 0 Å². The minimum Gasteiger partial charge on any atom is -0.496 e. The van der Waals surface area contributed by atoms with Gasteiger partial charge in [0.05, 0.1) is 27.0 Å². The van der Waals surface area contributed by atoms with Crippen LogP contribution in [0.2, 0.25) is 0 Å². The largest absolute Gasteiger partial charge is 0.496 e. The van der Waals surface area contributed by atoms with E-state index in [2.05, 4.69) is 5.32 Å². The SMILES string of the molecule is COc1ccc(C(=O)c2ccccc2)cc1NC(=O)c1c(OC)cccc1OC. The lowest BCUT2D eigenvalue weighted by molar-refractivity contribution is 0.101. The number of methoxy groups -OCH3 is 3. The molecule has 0 spiro atoms. The highest BCUT2D eigenvalue weighted by Crippen LogP contribution is 2.32. The predicted octanol–water partition coefficient (Wildman–Crippen LogP) is 4.20. The minimum atomic E-state index is -0.443. The summed E-state index contributed by atoms with van der Waals surface area (Å²) < 4.78 is 15.9. The van der Waals surface area contributed by atoms with Gasteiger partial charge in [0.2, 0.25) is 0 Å². The first kappa shape index (κ1) is 19.9. The summed E-state index contributed by atoms with van der Waals surface area (Å²) in [5.41, 5.74) is 1.60. The summed E-state index contributed by atoms with van der Waals surface area (Å²) in [6.07, 6.45) is 0. The highest BCUT2D eigenvalue weighted by atomic mass is 16.5. The monoisotopic (exact) mass is 391 g/mol. The van der Waals surface area contributed by atoms with E-state index < -0.39 is 5.91 Å². The van der Waals surface area contributed by atoms with Crippen molar-refractivity contribution >= 4 is 17.4 Å². The molecular formula is C23H21NO5. The quantitative estimate of drug-likeness (QED) is 0.611. The van der Waals surface area contributed by atoms with E-state index in [0.717, 1.165) is 0 Å². The Balaban J connectivity index is 1.97. The van der Waals surface area contributed by atoms with Crippen LogP contribution in [-0.2, 0) is 0 Å². The molecule has 6 heteroatoms. The van der Waals surface area contributed by atoms with Crippen molar-refractivity contribution in [2.24, 2.45) is 0 Å². The van der Waals surface area contributed by atoms with Crippen molar-refractivity contribution in [3.63, 3.8) is 0 Å². The Morgan fingerprint density at radius 3 is 1.90 bits per heavy atom. The Labute approximate surface area is 169 Å². The van der Waals surface area contributed by atoms with Crippen molar-refractivity contribution in [2.45, 2.75) is 0 Å². The van der Waals surface area contributed by atoms with E-state index in [1.165, 1.54) is 21.3 Å². The summed E-state index contributed by atoms with van der Waals surface area (Å²) in [6.45, 7) is 0. The molecule has 0 saturated heterocycles. The number of benzene rings is 3. The van der Waals surface area contributed by atoms with Crippen molar-refractivity contribution in [2.75, 3.05) is 26.6 Å². The number of hydrogen-bond acceptors (Lipinski definition) is 5. The molecule has 29 heavy (non-hydrogen) atoms. The zero-order chi connectivity index (χ0) is 20.8. The number of carbonyl (C=O) groups is 2. The zero-order valence-corrected chi connectivity index (χ0v) is 16.4.